The molecule has 5 aromatic carbocycles. The highest BCUT2D eigenvalue weighted by molar-refractivity contribution is 5.78. The van der Waals surface area contributed by atoms with Gasteiger partial charge in [0.1, 0.15) is 11.5 Å². The molecular weight excluding hydrogens is 621 g/mol. The molecule has 8 atom stereocenters. The lowest BCUT2D eigenvalue weighted by atomic mass is 9.74. The highest BCUT2D eigenvalue weighted by atomic mass is 16.5. The molecule has 51 heavy (non-hydrogen) atoms. The van der Waals surface area contributed by atoms with Crippen molar-refractivity contribution in [1.82, 2.24) is 0 Å². The van der Waals surface area contributed by atoms with Crippen LogP contribution >= 0.6 is 0 Å². The van der Waals surface area contributed by atoms with Crippen molar-refractivity contribution in [3.63, 3.8) is 0 Å². The molecule has 8 bridgehead atoms. The Morgan fingerprint density at radius 1 is 0.490 bits per heavy atom. The number of benzene rings is 5. The van der Waals surface area contributed by atoms with Crippen LogP contribution in [-0.4, -0.2) is 13.7 Å². The van der Waals surface area contributed by atoms with Crippen LogP contribution in [-0.2, 0) is 0 Å². The van der Waals surface area contributed by atoms with Crippen molar-refractivity contribution in [3.05, 3.63) is 174 Å². The van der Waals surface area contributed by atoms with Crippen LogP contribution in [0.4, 0.5) is 0 Å². The number of fused-ring (bicyclic) bond motifs is 32. The summed E-state index contributed by atoms with van der Waals surface area (Å²) in [5, 5.41) is 0. The van der Waals surface area contributed by atoms with E-state index in [2.05, 4.69) is 79.4 Å². The number of methoxy groups -OCH3 is 1. The van der Waals surface area contributed by atoms with Crippen LogP contribution in [0.2, 0.25) is 0 Å². The maximum atomic E-state index is 7.16. The summed E-state index contributed by atoms with van der Waals surface area (Å²) >= 11 is 0. The topological polar surface area (TPSA) is 18.5 Å². The molecule has 250 valence electrons. The van der Waals surface area contributed by atoms with E-state index in [4.69, 9.17) is 9.47 Å². The molecule has 0 radical (unpaired) electrons. The highest BCUT2D eigenvalue weighted by Gasteiger charge is 2.55. The van der Waals surface area contributed by atoms with Crippen molar-refractivity contribution in [2.24, 2.45) is 0 Å². The van der Waals surface area contributed by atoms with Gasteiger partial charge in [-0.2, -0.15) is 0 Å². The third-order valence-corrected chi connectivity index (χ3v) is 15.2. The molecule has 8 aliphatic rings. The van der Waals surface area contributed by atoms with Crippen LogP contribution in [0.3, 0.4) is 0 Å². The van der Waals surface area contributed by atoms with Crippen LogP contribution in [0, 0.1) is 0 Å². The monoisotopic (exact) mass is 662 g/mol. The Bertz CT molecular complexity index is 2270. The maximum Gasteiger partial charge on any atom is 0.127 e. The molecule has 0 saturated heterocycles. The number of unbranched alkanes of at least 4 members (excludes halogenated alkanes) is 2. The minimum atomic E-state index is 0.382. The van der Waals surface area contributed by atoms with Crippen LogP contribution in [0.25, 0.3) is 0 Å². The summed E-state index contributed by atoms with van der Waals surface area (Å²) in [6, 6.07) is 29.1. The molecule has 0 aromatic heterocycles. The molecule has 2 heteroatoms. The lowest BCUT2D eigenvalue weighted by molar-refractivity contribution is 0.299. The predicted molar refractivity (Wildman–Crippen MR) is 202 cm³/mol. The standard InChI is InChI=1S/C49H42O2/c1-3-4-5-10-15-51-49-46-42-22-40(36-18-32-28-16-30(34(32)20-38(36)42)26-13-8-6-11-24(26)28)44(46)48(50-2)45-41-23-43(47(45)49)39-21-35-31-17-29(33(35)19-37(39)41)25-12-7-9-14-27(25)31/h3,6-9,11-14,18-21,28-31,40-43H,1,4-5,10,15-17,22-23H2,2H3. The molecule has 0 saturated carbocycles. The number of hydrogen-bond acceptors (Lipinski definition) is 2. The minimum absolute atomic E-state index is 0.382. The first kappa shape index (κ1) is 28.1. The van der Waals surface area contributed by atoms with Gasteiger partial charge in [-0.25, -0.2) is 0 Å². The van der Waals surface area contributed by atoms with Gasteiger partial charge >= 0.3 is 0 Å². The summed E-state index contributed by atoms with van der Waals surface area (Å²) in [5.74, 6) is 6.16. The molecule has 8 aliphatic carbocycles. The molecular formula is C49H42O2. The molecule has 13 rings (SSSR count). The predicted octanol–water partition coefficient (Wildman–Crippen LogP) is 11.4. The van der Waals surface area contributed by atoms with Gasteiger partial charge in [0.2, 0.25) is 0 Å². The third-order valence-electron chi connectivity index (χ3n) is 15.2. The lowest BCUT2D eigenvalue weighted by Gasteiger charge is -2.33. The van der Waals surface area contributed by atoms with Crippen molar-refractivity contribution < 1.29 is 9.47 Å². The molecule has 0 spiro atoms. The Hall–Kier alpha value is -4.56. The van der Waals surface area contributed by atoms with Crippen molar-refractivity contribution in [2.45, 2.75) is 92.3 Å². The first-order valence-electron chi connectivity index (χ1n) is 19.8. The third kappa shape index (κ3) is 3.25. The normalized spacial score (nSPS) is 28.6. The fraction of sp³-hybridized carbons (Fsp3) is 0.347. The van der Waals surface area contributed by atoms with Crippen LogP contribution in [0.15, 0.2) is 85.5 Å². The number of hydrogen-bond donors (Lipinski definition) is 0. The van der Waals surface area contributed by atoms with E-state index in [0.29, 0.717) is 47.3 Å². The first-order valence-corrected chi connectivity index (χ1v) is 19.8. The fourth-order valence-electron chi connectivity index (χ4n) is 13.4. The van der Waals surface area contributed by atoms with Gasteiger partial charge in [0, 0.05) is 69.6 Å². The summed E-state index contributed by atoms with van der Waals surface area (Å²) in [6.45, 7) is 4.74. The quantitative estimate of drug-likeness (QED) is 0.128. The maximum absolute atomic E-state index is 7.16. The summed E-state index contributed by atoms with van der Waals surface area (Å²) < 4.78 is 13.8. The van der Waals surface area contributed by atoms with Gasteiger partial charge < -0.3 is 9.47 Å². The summed E-state index contributed by atoms with van der Waals surface area (Å²) in [7, 11) is 1.95. The fourth-order valence-corrected chi connectivity index (χ4v) is 13.4. The Morgan fingerprint density at radius 2 is 0.843 bits per heavy atom. The molecule has 5 aromatic rings. The Labute approximate surface area is 300 Å². The van der Waals surface area contributed by atoms with E-state index in [-0.39, 0.29) is 0 Å². The zero-order chi connectivity index (χ0) is 33.3. The average molecular weight is 663 g/mol. The number of rotatable bonds is 7. The van der Waals surface area contributed by atoms with Crippen LogP contribution < -0.4 is 9.47 Å². The second-order valence-electron chi connectivity index (χ2n) is 17.0. The van der Waals surface area contributed by atoms with Gasteiger partial charge in [-0.1, -0.05) is 78.9 Å². The largest absolute Gasteiger partial charge is 0.496 e. The van der Waals surface area contributed by atoms with E-state index in [0.717, 1.165) is 38.7 Å². The summed E-state index contributed by atoms with van der Waals surface area (Å²) in [5.41, 5.74) is 24.8. The van der Waals surface area contributed by atoms with Gasteiger partial charge in [0.25, 0.3) is 0 Å². The summed E-state index contributed by atoms with van der Waals surface area (Å²) in [4.78, 5) is 0. The number of ether oxygens (including phenoxy) is 2. The lowest BCUT2D eigenvalue weighted by Crippen LogP contribution is -2.17. The van der Waals surface area contributed by atoms with Crippen LogP contribution in [0.5, 0.6) is 11.5 Å². The zero-order valence-electron chi connectivity index (χ0n) is 29.3. The van der Waals surface area contributed by atoms with E-state index in [1.165, 1.54) is 46.6 Å². The van der Waals surface area contributed by atoms with E-state index in [1.807, 2.05) is 13.2 Å². The molecule has 0 fully saturated rings. The highest BCUT2D eigenvalue weighted by Crippen LogP contribution is 2.71. The SMILES string of the molecule is C=CCCCCOc1c2c(c(OC)c3c1C1CC3c3cc4c(cc31)C1CC4c3ccccc31)C1CC2c2cc3c(cc21)C1CC3c2ccccc21. The second-order valence-corrected chi connectivity index (χ2v) is 17.0. The first-order chi connectivity index (χ1) is 25.2. The molecule has 2 nitrogen and oxygen atoms in total. The van der Waals surface area contributed by atoms with Gasteiger partial charge in [0.15, 0.2) is 0 Å². The van der Waals surface area contributed by atoms with Crippen LogP contribution in [0.1, 0.15) is 181 Å². The van der Waals surface area contributed by atoms with E-state index in [9.17, 15) is 0 Å². The molecule has 8 unspecified atom stereocenters. The van der Waals surface area contributed by atoms with Crippen molar-refractivity contribution in [1.29, 1.82) is 0 Å². The molecule has 0 N–H and O–H groups in total. The van der Waals surface area contributed by atoms with Gasteiger partial charge in [-0.3, -0.25) is 0 Å². The Balaban J connectivity index is 0.972. The molecule has 0 amide bonds. The zero-order valence-corrected chi connectivity index (χ0v) is 29.3. The van der Waals surface area contributed by atoms with E-state index < -0.39 is 0 Å². The van der Waals surface area contributed by atoms with Crippen molar-refractivity contribution in [3.8, 4) is 11.5 Å². The minimum Gasteiger partial charge on any atom is -0.496 e. The van der Waals surface area contributed by atoms with Crippen molar-refractivity contribution >= 4 is 0 Å². The molecule has 0 heterocycles. The summed E-state index contributed by atoms with van der Waals surface area (Å²) in [6.07, 6.45) is 10.1. The molecule has 0 aliphatic heterocycles. The Morgan fingerprint density at radius 3 is 1.22 bits per heavy atom. The second kappa shape index (κ2) is 9.65. The van der Waals surface area contributed by atoms with Gasteiger partial charge in [0.05, 0.1) is 13.7 Å². The van der Waals surface area contributed by atoms with E-state index >= 15 is 0 Å². The van der Waals surface area contributed by atoms with E-state index in [1.54, 1.807) is 66.8 Å². The Kier molecular flexibility index (Phi) is 5.31. The smallest absolute Gasteiger partial charge is 0.127 e. The van der Waals surface area contributed by atoms with Gasteiger partial charge in [-0.05, 0) is 112 Å². The number of allylic oxidation sites excluding steroid dienone is 1. The van der Waals surface area contributed by atoms with Gasteiger partial charge in [-0.15, -0.1) is 6.58 Å². The van der Waals surface area contributed by atoms with Crippen molar-refractivity contribution in [2.75, 3.05) is 13.7 Å². The average Bonchev–Trinajstić information content (AvgIpc) is 4.04.